The van der Waals surface area contributed by atoms with Crippen LogP contribution >= 0.6 is 0 Å². The second-order valence-electron chi connectivity index (χ2n) is 4.50. The van der Waals surface area contributed by atoms with E-state index >= 15 is 0 Å². The quantitative estimate of drug-likeness (QED) is 0.905. The number of benzene rings is 2. The van der Waals surface area contributed by atoms with Crippen LogP contribution in [0.1, 0.15) is 24.2 Å². The normalized spacial score (nSPS) is 12.0. The van der Waals surface area contributed by atoms with E-state index < -0.39 is 6.10 Å². The molecule has 0 saturated heterocycles. The fraction of sp³-hybridized carbons (Fsp3) is 0.250. The van der Waals surface area contributed by atoms with Gasteiger partial charge in [0, 0.05) is 0 Å². The van der Waals surface area contributed by atoms with Crippen molar-refractivity contribution in [1.29, 1.82) is 0 Å². The molecule has 0 radical (unpaired) electrons. The average Bonchev–Trinajstić information content (AvgIpc) is 2.41. The van der Waals surface area contributed by atoms with E-state index in [1.165, 1.54) is 0 Å². The van der Waals surface area contributed by atoms with Gasteiger partial charge >= 0.3 is 0 Å². The van der Waals surface area contributed by atoms with Gasteiger partial charge in [0.25, 0.3) is 0 Å². The summed E-state index contributed by atoms with van der Waals surface area (Å²) in [7, 11) is 1.62. The summed E-state index contributed by atoms with van der Waals surface area (Å²) in [6.07, 6.45) is -0.469. The first kappa shape index (κ1) is 13.4. The molecule has 0 aliphatic heterocycles. The van der Waals surface area contributed by atoms with Crippen molar-refractivity contribution in [1.82, 2.24) is 0 Å². The Balaban J connectivity index is 2.21. The molecule has 100 valence electrons. The summed E-state index contributed by atoms with van der Waals surface area (Å²) in [4.78, 5) is 0. The lowest BCUT2D eigenvalue weighted by Gasteiger charge is -2.12. The van der Waals surface area contributed by atoms with Crippen LogP contribution in [0.25, 0.3) is 0 Å². The minimum absolute atomic E-state index is 0.469. The summed E-state index contributed by atoms with van der Waals surface area (Å²) in [6.45, 7) is 3.74. The largest absolute Gasteiger partial charge is 0.493 e. The van der Waals surface area contributed by atoms with E-state index in [4.69, 9.17) is 9.47 Å². The van der Waals surface area contributed by atoms with Crippen molar-refractivity contribution in [2.45, 2.75) is 20.0 Å². The molecule has 0 amide bonds. The van der Waals surface area contributed by atoms with Gasteiger partial charge in [0.15, 0.2) is 11.5 Å². The Hall–Kier alpha value is -2.00. The van der Waals surface area contributed by atoms with Gasteiger partial charge in [-0.3, -0.25) is 0 Å². The van der Waals surface area contributed by atoms with Crippen LogP contribution in [0.15, 0.2) is 42.5 Å². The fourth-order valence-corrected chi connectivity index (χ4v) is 1.80. The number of aliphatic hydroxyl groups is 1. The third kappa shape index (κ3) is 3.26. The average molecular weight is 258 g/mol. The molecule has 1 atom stereocenters. The highest BCUT2D eigenvalue weighted by Crippen LogP contribution is 2.32. The molecule has 1 N–H and O–H groups in total. The van der Waals surface area contributed by atoms with E-state index in [0.717, 1.165) is 11.1 Å². The molecule has 2 rings (SSSR count). The molecule has 0 fully saturated rings. The van der Waals surface area contributed by atoms with Gasteiger partial charge in [0.05, 0.1) is 13.2 Å². The Morgan fingerprint density at radius 1 is 1.00 bits per heavy atom. The molecule has 0 aliphatic rings. The molecule has 0 bridgehead atoms. The third-order valence-corrected chi connectivity index (χ3v) is 2.91. The van der Waals surface area contributed by atoms with Gasteiger partial charge in [0.2, 0.25) is 0 Å². The maximum absolute atomic E-state index is 9.46. The molecular formula is C16H18O3. The van der Waals surface area contributed by atoms with Crippen molar-refractivity contribution in [2.24, 2.45) is 0 Å². The first-order valence-electron chi connectivity index (χ1n) is 6.20. The van der Waals surface area contributed by atoms with Gasteiger partial charge in [0.1, 0.15) is 5.75 Å². The van der Waals surface area contributed by atoms with Gasteiger partial charge in [-0.05, 0) is 49.2 Å². The number of aliphatic hydroxyl groups excluding tert-OH is 1. The van der Waals surface area contributed by atoms with Crippen LogP contribution in [0, 0.1) is 6.92 Å². The van der Waals surface area contributed by atoms with Crippen LogP contribution < -0.4 is 9.47 Å². The number of hydrogen-bond acceptors (Lipinski definition) is 3. The number of rotatable bonds is 4. The van der Waals surface area contributed by atoms with Gasteiger partial charge < -0.3 is 14.6 Å². The third-order valence-electron chi connectivity index (χ3n) is 2.91. The Kier molecular flexibility index (Phi) is 4.07. The summed E-state index contributed by atoms with van der Waals surface area (Å²) >= 11 is 0. The number of methoxy groups -OCH3 is 1. The van der Waals surface area contributed by atoms with E-state index in [0.29, 0.717) is 17.2 Å². The molecule has 0 aromatic heterocycles. The van der Waals surface area contributed by atoms with Crippen LogP contribution in [0.2, 0.25) is 0 Å². The van der Waals surface area contributed by atoms with Crippen molar-refractivity contribution in [3.05, 3.63) is 53.6 Å². The van der Waals surface area contributed by atoms with Crippen LogP contribution in [0.3, 0.4) is 0 Å². The topological polar surface area (TPSA) is 38.7 Å². The summed E-state index contributed by atoms with van der Waals surface area (Å²) < 4.78 is 11.1. The van der Waals surface area contributed by atoms with Crippen molar-refractivity contribution < 1.29 is 14.6 Å². The van der Waals surface area contributed by atoms with Crippen molar-refractivity contribution >= 4 is 0 Å². The van der Waals surface area contributed by atoms with Crippen molar-refractivity contribution in [2.75, 3.05) is 7.11 Å². The minimum Gasteiger partial charge on any atom is -0.493 e. The molecule has 0 unspecified atom stereocenters. The zero-order valence-electron chi connectivity index (χ0n) is 11.4. The Labute approximate surface area is 113 Å². The molecule has 2 aromatic rings. The zero-order chi connectivity index (χ0) is 13.8. The van der Waals surface area contributed by atoms with E-state index in [9.17, 15) is 5.11 Å². The van der Waals surface area contributed by atoms with Crippen molar-refractivity contribution in [3.63, 3.8) is 0 Å². The summed E-state index contributed by atoms with van der Waals surface area (Å²) in [6, 6.07) is 13.2. The lowest BCUT2D eigenvalue weighted by molar-refractivity contribution is 0.199. The lowest BCUT2D eigenvalue weighted by atomic mass is 10.1. The van der Waals surface area contributed by atoms with E-state index in [-0.39, 0.29) is 0 Å². The Morgan fingerprint density at radius 3 is 2.26 bits per heavy atom. The predicted octanol–water partition coefficient (Wildman–Crippen LogP) is 3.85. The maximum Gasteiger partial charge on any atom is 0.169 e. The lowest BCUT2D eigenvalue weighted by Crippen LogP contribution is -1.93. The SMILES string of the molecule is COc1cc(C)ccc1Oc1ccc([C@H](C)O)cc1. The highest BCUT2D eigenvalue weighted by atomic mass is 16.5. The number of ether oxygens (including phenoxy) is 2. The van der Waals surface area contributed by atoms with Gasteiger partial charge in [-0.25, -0.2) is 0 Å². The standard InChI is InChI=1S/C16H18O3/c1-11-4-9-15(16(10-11)18-3)19-14-7-5-13(6-8-14)12(2)17/h4-10,12,17H,1-3H3/t12-/m0/s1. The number of hydrogen-bond donors (Lipinski definition) is 1. The van der Waals surface area contributed by atoms with Crippen LogP contribution in [0.5, 0.6) is 17.2 Å². The van der Waals surface area contributed by atoms with Crippen LogP contribution in [-0.4, -0.2) is 12.2 Å². The summed E-state index contributed by atoms with van der Waals surface area (Å²) in [5, 5.41) is 9.46. The predicted molar refractivity (Wildman–Crippen MR) is 74.9 cm³/mol. The monoisotopic (exact) mass is 258 g/mol. The molecule has 0 saturated carbocycles. The summed E-state index contributed by atoms with van der Waals surface area (Å²) in [5.74, 6) is 2.10. The second-order valence-corrected chi connectivity index (χ2v) is 4.50. The highest BCUT2D eigenvalue weighted by Gasteiger charge is 2.06. The molecule has 3 heteroatoms. The van der Waals surface area contributed by atoms with E-state index in [1.807, 2.05) is 49.4 Å². The second kappa shape index (κ2) is 5.76. The minimum atomic E-state index is -0.469. The van der Waals surface area contributed by atoms with E-state index in [2.05, 4.69) is 0 Å². The molecular weight excluding hydrogens is 240 g/mol. The molecule has 3 nitrogen and oxygen atoms in total. The first-order chi connectivity index (χ1) is 9.10. The van der Waals surface area contributed by atoms with Gasteiger partial charge in [-0.15, -0.1) is 0 Å². The first-order valence-corrected chi connectivity index (χ1v) is 6.20. The molecule has 0 aliphatic carbocycles. The summed E-state index contributed by atoms with van der Waals surface area (Å²) in [5.41, 5.74) is 1.98. The Morgan fingerprint density at radius 2 is 1.68 bits per heavy atom. The number of aryl methyl sites for hydroxylation is 1. The highest BCUT2D eigenvalue weighted by molar-refractivity contribution is 5.45. The molecule has 2 aromatic carbocycles. The molecule has 19 heavy (non-hydrogen) atoms. The smallest absolute Gasteiger partial charge is 0.169 e. The van der Waals surface area contributed by atoms with Crippen molar-refractivity contribution in [3.8, 4) is 17.2 Å². The van der Waals surface area contributed by atoms with Gasteiger partial charge in [-0.1, -0.05) is 18.2 Å². The van der Waals surface area contributed by atoms with Crippen LogP contribution in [0.4, 0.5) is 0 Å². The van der Waals surface area contributed by atoms with Gasteiger partial charge in [-0.2, -0.15) is 0 Å². The van der Waals surface area contributed by atoms with Crippen LogP contribution in [-0.2, 0) is 0 Å². The molecule has 0 heterocycles. The maximum atomic E-state index is 9.46. The van der Waals surface area contributed by atoms with E-state index in [1.54, 1.807) is 14.0 Å². The zero-order valence-corrected chi connectivity index (χ0v) is 11.4. The fourth-order valence-electron chi connectivity index (χ4n) is 1.80. The Bertz CT molecular complexity index is 544. The molecule has 0 spiro atoms.